The lowest BCUT2D eigenvalue weighted by Crippen LogP contribution is -2.31. The summed E-state index contributed by atoms with van der Waals surface area (Å²) in [4.78, 5) is 22.3. The van der Waals surface area contributed by atoms with Crippen molar-refractivity contribution < 1.29 is 14.7 Å². The van der Waals surface area contributed by atoms with Crippen molar-refractivity contribution in [3.8, 4) is 0 Å². The Hall–Kier alpha value is -2.24. The Bertz CT molecular complexity index is 483. The Kier molecular flexibility index (Phi) is 3.36. The van der Waals surface area contributed by atoms with Crippen LogP contribution in [0.1, 0.15) is 23.2 Å². The van der Waals surface area contributed by atoms with Crippen LogP contribution in [0.4, 0.5) is 11.4 Å². The average Bonchev–Trinajstić information content (AvgIpc) is 3.11. The lowest BCUT2D eigenvalue weighted by atomic mass is 10.1. The number of carbonyl (C=O) groups excluding carboxylic acids is 1. The Morgan fingerprint density at radius 3 is 2.72 bits per heavy atom. The van der Waals surface area contributed by atoms with Crippen LogP contribution in [0.3, 0.4) is 0 Å². The van der Waals surface area contributed by atoms with Gasteiger partial charge in [0, 0.05) is 6.04 Å². The maximum atomic E-state index is 11.5. The molecule has 0 atom stereocenters. The summed E-state index contributed by atoms with van der Waals surface area (Å²) in [6.07, 6.45) is 2.06. The fourth-order valence-corrected chi connectivity index (χ4v) is 1.52. The standard InChI is InChI=1S/C12H15N3O3/c13-9-4-1-7(12(17)18)5-10(9)14-6-11(16)15-8-2-3-8/h1,4-5,8,14H,2-3,6,13H2,(H,15,16)(H,17,18). The smallest absolute Gasteiger partial charge is 0.335 e. The number of aromatic carboxylic acids is 1. The average molecular weight is 249 g/mol. The Labute approximate surface area is 104 Å². The molecule has 1 amide bonds. The highest BCUT2D eigenvalue weighted by Gasteiger charge is 2.22. The van der Waals surface area contributed by atoms with Crippen molar-refractivity contribution in [1.29, 1.82) is 0 Å². The number of nitrogen functional groups attached to an aromatic ring is 1. The van der Waals surface area contributed by atoms with Gasteiger partial charge in [0.25, 0.3) is 0 Å². The Morgan fingerprint density at radius 1 is 1.39 bits per heavy atom. The van der Waals surface area contributed by atoms with E-state index in [0.717, 1.165) is 12.8 Å². The highest BCUT2D eigenvalue weighted by Crippen LogP contribution is 2.20. The summed E-state index contributed by atoms with van der Waals surface area (Å²) in [5.74, 6) is -1.14. The van der Waals surface area contributed by atoms with Crippen molar-refractivity contribution in [2.75, 3.05) is 17.6 Å². The van der Waals surface area contributed by atoms with Gasteiger partial charge in [0.15, 0.2) is 0 Å². The van der Waals surface area contributed by atoms with Gasteiger partial charge >= 0.3 is 5.97 Å². The number of hydrogen-bond acceptors (Lipinski definition) is 4. The number of hydrogen-bond donors (Lipinski definition) is 4. The number of anilines is 2. The summed E-state index contributed by atoms with van der Waals surface area (Å²) in [5, 5.41) is 14.5. The largest absolute Gasteiger partial charge is 0.478 e. The van der Waals surface area contributed by atoms with Gasteiger partial charge in [-0.3, -0.25) is 4.79 Å². The van der Waals surface area contributed by atoms with Gasteiger partial charge in [-0.2, -0.15) is 0 Å². The number of nitrogens with one attached hydrogen (secondary N) is 2. The molecule has 0 heterocycles. The zero-order valence-corrected chi connectivity index (χ0v) is 9.77. The predicted molar refractivity (Wildman–Crippen MR) is 67.5 cm³/mol. The molecule has 0 aliphatic heterocycles. The molecule has 1 aromatic carbocycles. The van der Waals surface area contributed by atoms with E-state index in [0.29, 0.717) is 17.4 Å². The zero-order chi connectivity index (χ0) is 13.1. The molecule has 1 saturated carbocycles. The third-order valence-electron chi connectivity index (χ3n) is 2.68. The van der Waals surface area contributed by atoms with Crippen LogP contribution in [-0.2, 0) is 4.79 Å². The number of amides is 1. The second-order valence-electron chi connectivity index (χ2n) is 4.30. The Balaban J connectivity index is 1.96. The molecule has 0 bridgehead atoms. The molecule has 96 valence electrons. The summed E-state index contributed by atoms with van der Waals surface area (Å²) < 4.78 is 0. The first kappa shape index (κ1) is 12.2. The molecule has 0 unspecified atom stereocenters. The highest BCUT2D eigenvalue weighted by atomic mass is 16.4. The van der Waals surface area contributed by atoms with E-state index in [-0.39, 0.29) is 18.0 Å². The van der Waals surface area contributed by atoms with Crippen molar-refractivity contribution >= 4 is 23.3 Å². The van der Waals surface area contributed by atoms with E-state index in [1.165, 1.54) is 18.2 Å². The van der Waals surface area contributed by atoms with Crippen LogP contribution in [0, 0.1) is 0 Å². The van der Waals surface area contributed by atoms with E-state index in [4.69, 9.17) is 10.8 Å². The summed E-state index contributed by atoms with van der Waals surface area (Å²) in [6.45, 7) is 0.0871. The number of rotatable bonds is 5. The number of carboxylic acid groups (broad SMARTS) is 1. The van der Waals surface area contributed by atoms with Gasteiger partial charge in [0.2, 0.25) is 5.91 Å². The van der Waals surface area contributed by atoms with Crippen LogP contribution in [-0.4, -0.2) is 29.6 Å². The van der Waals surface area contributed by atoms with Crippen molar-refractivity contribution in [2.24, 2.45) is 0 Å². The van der Waals surface area contributed by atoms with Crippen LogP contribution in [0.25, 0.3) is 0 Å². The monoisotopic (exact) mass is 249 g/mol. The molecular weight excluding hydrogens is 234 g/mol. The van der Waals surface area contributed by atoms with E-state index >= 15 is 0 Å². The van der Waals surface area contributed by atoms with Gasteiger partial charge in [-0.05, 0) is 31.0 Å². The second kappa shape index (κ2) is 4.95. The van der Waals surface area contributed by atoms with Crippen LogP contribution < -0.4 is 16.4 Å². The quantitative estimate of drug-likeness (QED) is 0.574. The van der Waals surface area contributed by atoms with E-state index in [9.17, 15) is 9.59 Å². The number of carbonyl (C=O) groups is 2. The van der Waals surface area contributed by atoms with Gasteiger partial charge in [0.1, 0.15) is 0 Å². The molecule has 0 saturated heterocycles. The minimum absolute atomic E-state index is 0.0871. The lowest BCUT2D eigenvalue weighted by molar-refractivity contribution is -0.119. The topological polar surface area (TPSA) is 104 Å². The third kappa shape index (κ3) is 3.13. The van der Waals surface area contributed by atoms with Crippen LogP contribution in [0.5, 0.6) is 0 Å². The Morgan fingerprint density at radius 2 is 2.11 bits per heavy atom. The first-order valence-electron chi connectivity index (χ1n) is 5.72. The molecule has 5 N–H and O–H groups in total. The van der Waals surface area contributed by atoms with Crippen molar-refractivity contribution in [2.45, 2.75) is 18.9 Å². The highest BCUT2D eigenvalue weighted by molar-refractivity contribution is 5.91. The van der Waals surface area contributed by atoms with E-state index < -0.39 is 5.97 Å². The number of nitrogens with two attached hydrogens (primary N) is 1. The van der Waals surface area contributed by atoms with Gasteiger partial charge in [-0.25, -0.2) is 4.79 Å². The lowest BCUT2D eigenvalue weighted by Gasteiger charge is -2.10. The maximum Gasteiger partial charge on any atom is 0.335 e. The summed E-state index contributed by atoms with van der Waals surface area (Å²) >= 11 is 0. The zero-order valence-electron chi connectivity index (χ0n) is 9.77. The van der Waals surface area contributed by atoms with Gasteiger partial charge < -0.3 is 21.5 Å². The molecule has 6 nitrogen and oxygen atoms in total. The first-order chi connectivity index (χ1) is 8.56. The van der Waals surface area contributed by atoms with E-state index in [1.54, 1.807) is 0 Å². The fourth-order valence-electron chi connectivity index (χ4n) is 1.52. The first-order valence-corrected chi connectivity index (χ1v) is 5.72. The van der Waals surface area contributed by atoms with Gasteiger partial charge in [-0.15, -0.1) is 0 Å². The molecule has 0 aromatic heterocycles. The van der Waals surface area contributed by atoms with Crippen molar-refractivity contribution in [3.63, 3.8) is 0 Å². The summed E-state index contributed by atoms with van der Waals surface area (Å²) in [5.41, 5.74) is 6.71. The molecule has 0 radical (unpaired) electrons. The molecule has 6 heteroatoms. The number of benzene rings is 1. The molecule has 18 heavy (non-hydrogen) atoms. The van der Waals surface area contributed by atoms with Crippen molar-refractivity contribution in [1.82, 2.24) is 5.32 Å². The molecule has 2 rings (SSSR count). The SMILES string of the molecule is Nc1ccc(C(=O)O)cc1NCC(=O)NC1CC1. The van der Waals surface area contributed by atoms with E-state index in [2.05, 4.69) is 10.6 Å². The normalized spacial score (nSPS) is 14.0. The van der Waals surface area contributed by atoms with E-state index in [1.807, 2.05) is 0 Å². The molecule has 1 aromatic rings. The fraction of sp³-hybridized carbons (Fsp3) is 0.333. The predicted octanol–water partition coefficient (Wildman–Crippen LogP) is 0.657. The van der Waals surface area contributed by atoms with Gasteiger partial charge in [-0.1, -0.05) is 0 Å². The van der Waals surface area contributed by atoms with Crippen LogP contribution in [0.15, 0.2) is 18.2 Å². The molecule has 1 aliphatic rings. The van der Waals surface area contributed by atoms with Crippen molar-refractivity contribution in [3.05, 3.63) is 23.8 Å². The minimum Gasteiger partial charge on any atom is -0.478 e. The minimum atomic E-state index is -1.03. The summed E-state index contributed by atoms with van der Waals surface area (Å²) in [6, 6.07) is 4.65. The summed E-state index contributed by atoms with van der Waals surface area (Å²) in [7, 11) is 0. The number of carboxylic acids is 1. The molecule has 0 spiro atoms. The van der Waals surface area contributed by atoms with Crippen LogP contribution >= 0.6 is 0 Å². The maximum absolute atomic E-state index is 11.5. The van der Waals surface area contributed by atoms with Crippen LogP contribution in [0.2, 0.25) is 0 Å². The van der Waals surface area contributed by atoms with Gasteiger partial charge in [0.05, 0.1) is 23.5 Å². The second-order valence-corrected chi connectivity index (χ2v) is 4.30. The third-order valence-corrected chi connectivity index (χ3v) is 2.68. The molecular formula is C12H15N3O3. The molecule has 1 aliphatic carbocycles. The molecule has 1 fully saturated rings.